The summed E-state index contributed by atoms with van der Waals surface area (Å²) in [4.78, 5) is 15.4. The van der Waals surface area contributed by atoms with E-state index in [2.05, 4.69) is 44.1 Å². The fourth-order valence-corrected chi connectivity index (χ4v) is 4.90. The lowest BCUT2D eigenvalue weighted by atomic mass is 9.78. The minimum atomic E-state index is -0.0961. The molecule has 0 radical (unpaired) electrons. The fourth-order valence-electron chi connectivity index (χ4n) is 4.64. The predicted octanol–water partition coefficient (Wildman–Crippen LogP) is 5.50. The molecule has 0 bridgehead atoms. The van der Waals surface area contributed by atoms with E-state index in [0.29, 0.717) is 34.1 Å². The zero-order valence-corrected chi connectivity index (χ0v) is 18.4. The van der Waals surface area contributed by atoms with E-state index in [9.17, 15) is 4.79 Å². The molecule has 1 aliphatic rings. The van der Waals surface area contributed by atoms with Crippen LogP contribution < -0.4 is 4.74 Å². The number of halogens is 1. The van der Waals surface area contributed by atoms with Crippen molar-refractivity contribution in [3.63, 3.8) is 0 Å². The van der Waals surface area contributed by atoms with Crippen molar-refractivity contribution < 1.29 is 14.1 Å². The molecular weight excluding hydrogens is 400 g/mol. The molecule has 2 aromatic carbocycles. The summed E-state index contributed by atoms with van der Waals surface area (Å²) in [5, 5.41) is 4.54. The van der Waals surface area contributed by atoms with Crippen molar-refractivity contribution in [3.8, 4) is 17.0 Å². The molecule has 30 heavy (non-hydrogen) atoms. The molecule has 4 rings (SSSR count). The molecule has 1 fully saturated rings. The van der Waals surface area contributed by atoms with Crippen LogP contribution in [0.2, 0.25) is 5.02 Å². The number of aromatic nitrogens is 1. The number of likely N-dealkylation sites (tertiary alicyclic amines) is 1. The van der Waals surface area contributed by atoms with Gasteiger partial charge in [0.1, 0.15) is 23.3 Å². The van der Waals surface area contributed by atoms with Crippen molar-refractivity contribution in [3.05, 3.63) is 70.4 Å². The summed E-state index contributed by atoms with van der Waals surface area (Å²) in [5.41, 5.74) is 4.09. The quantitative estimate of drug-likeness (QED) is 0.554. The first kappa shape index (κ1) is 20.5. The van der Waals surface area contributed by atoms with Crippen molar-refractivity contribution in [2.45, 2.75) is 38.6 Å². The van der Waals surface area contributed by atoms with Gasteiger partial charge in [-0.15, -0.1) is 0 Å². The van der Waals surface area contributed by atoms with Gasteiger partial charge in [0.15, 0.2) is 0 Å². The third-order valence-corrected chi connectivity index (χ3v) is 6.37. The lowest BCUT2D eigenvalue weighted by Gasteiger charge is -2.27. The molecular formula is C24H25ClN2O3. The molecule has 1 aliphatic heterocycles. The summed E-state index contributed by atoms with van der Waals surface area (Å²) in [6, 6.07) is 13.8. The van der Waals surface area contributed by atoms with Crippen molar-refractivity contribution in [1.29, 1.82) is 0 Å². The smallest absolute Gasteiger partial charge is 0.259 e. The highest BCUT2D eigenvalue weighted by Crippen LogP contribution is 2.40. The SMILES string of the molecule is COc1ccc(-c2nocc2C(=O)N2CC(C)(c3ccccc3C)CC2C)cc1Cl. The minimum Gasteiger partial charge on any atom is -0.495 e. The monoisotopic (exact) mass is 424 g/mol. The van der Waals surface area contributed by atoms with Crippen molar-refractivity contribution in [1.82, 2.24) is 10.1 Å². The van der Waals surface area contributed by atoms with E-state index in [0.717, 1.165) is 6.42 Å². The largest absolute Gasteiger partial charge is 0.495 e. The zero-order valence-electron chi connectivity index (χ0n) is 17.6. The number of carbonyl (C=O) groups excluding carboxylic acids is 1. The number of hydrogen-bond acceptors (Lipinski definition) is 4. The van der Waals surface area contributed by atoms with Crippen LogP contribution in [0, 0.1) is 6.92 Å². The Kier molecular flexibility index (Phi) is 5.33. The summed E-state index contributed by atoms with van der Waals surface area (Å²) >= 11 is 6.27. The molecule has 2 atom stereocenters. The first-order chi connectivity index (χ1) is 14.3. The van der Waals surface area contributed by atoms with E-state index in [1.165, 1.54) is 17.4 Å². The Bertz CT molecular complexity index is 1090. The fraction of sp³-hybridized carbons (Fsp3) is 0.333. The van der Waals surface area contributed by atoms with Crippen molar-refractivity contribution in [2.75, 3.05) is 13.7 Å². The topological polar surface area (TPSA) is 55.6 Å². The highest BCUT2D eigenvalue weighted by molar-refractivity contribution is 6.32. The van der Waals surface area contributed by atoms with E-state index in [1.54, 1.807) is 19.2 Å². The zero-order chi connectivity index (χ0) is 21.5. The van der Waals surface area contributed by atoms with Gasteiger partial charge in [0.2, 0.25) is 0 Å². The van der Waals surface area contributed by atoms with E-state index >= 15 is 0 Å². The Morgan fingerprint density at radius 3 is 2.77 bits per heavy atom. The van der Waals surface area contributed by atoms with E-state index < -0.39 is 0 Å². The summed E-state index contributed by atoms with van der Waals surface area (Å²) in [7, 11) is 1.56. The van der Waals surface area contributed by atoms with Crippen molar-refractivity contribution >= 4 is 17.5 Å². The Hall–Kier alpha value is -2.79. The molecule has 0 saturated carbocycles. The van der Waals surface area contributed by atoms with Gasteiger partial charge in [-0.1, -0.05) is 47.9 Å². The normalized spacial score (nSPS) is 21.1. The number of carbonyl (C=O) groups is 1. The third kappa shape index (κ3) is 3.47. The number of benzene rings is 2. The van der Waals surface area contributed by atoms with Gasteiger partial charge in [-0.05, 0) is 49.6 Å². The number of aryl methyl sites for hydroxylation is 1. The lowest BCUT2D eigenvalue weighted by Crippen LogP contribution is -2.36. The number of nitrogens with zero attached hydrogens (tertiary/aromatic N) is 2. The molecule has 1 saturated heterocycles. The Labute approximate surface area is 181 Å². The van der Waals surface area contributed by atoms with Gasteiger partial charge in [-0.2, -0.15) is 0 Å². The Morgan fingerprint density at radius 1 is 1.30 bits per heavy atom. The summed E-state index contributed by atoms with van der Waals surface area (Å²) < 4.78 is 10.4. The maximum Gasteiger partial charge on any atom is 0.259 e. The molecule has 2 heterocycles. The van der Waals surface area contributed by atoms with Crippen LogP contribution in [0.4, 0.5) is 0 Å². The molecule has 0 spiro atoms. The molecule has 1 aromatic heterocycles. The van der Waals surface area contributed by atoms with Gasteiger partial charge in [0.05, 0.1) is 12.1 Å². The first-order valence-corrected chi connectivity index (χ1v) is 10.4. The summed E-state index contributed by atoms with van der Waals surface area (Å²) in [6.07, 6.45) is 2.32. The Balaban J connectivity index is 1.64. The number of hydrogen-bond donors (Lipinski definition) is 0. The molecule has 156 valence electrons. The standard InChI is InChI=1S/C24H25ClN2O3/c1-15-7-5-6-8-19(15)24(3)12-16(2)27(14-24)23(28)18-13-30-26-22(18)17-9-10-21(29-4)20(25)11-17/h5-11,13,16H,12,14H2,1-4H3. The highest BCUT2D eigenvalue weighted by Gasteiger charge is 2.43. The number of methoxy groups -OCH3 is 1. The third-order valence-electron chi connectivity index (χ3n) is 6.08. The average molecular weight is 425 g/mol. The number of rotatable bonds is 4. The van der Waals surface area contributed by atoms with Crippen LogP contribution in [0.1, 0.15) is 41.8 Å². The van der Waals surface area contributed by atoms with Gasteiger partial charge in [0.25, 0.3) is 5.91 Å². The maximum atomic E-state index is 13.5. The number of amides is 1. The predicted molar refractivity (Wildman–Crippen MR) is 117 cm³/mol. The summed E-state index contributed by atoms with van der Waals surface area (Å²) in [5.74, 6) is 0.488. The van der Waals surface area contributed by atoms with Crippen LogP contribution in [0.3, 0.4) is 0 Å². The van der Waals surface area contributed by atoms with Crippen LogP contribution in [-0.2, 0) is 5.41 Å². The molecule has 6 heteroatoms. The molecule has 1 amide bonds. The highest BCUT2D eigenvalue weighted by atomic mass is 35.5. The van der Waals surface area contributed by atoms with Gasteiger partial charge in [-0.3, -0.25) is 4.79 Å². The molecule has 5 nitrogen and oxygen atoms in total. The van der Waals surface area contributed by atoms with Crippen molar-refractivity contribution in [2.24, 2.45) is 0 Å². The minimum absolute atomic E-state index is 0.0806. The molecule has 0 aliphatic carbocycles. The second-order valence-electron chi connectivity index (χ2n) is 8.29. The first-order valence-electron chi connectivity index (χ1n) is 9.99. The second kappa shape index (κ2) is 7.80. The second-order valence-corrected chi connectivity index (χ2v) is 8.70. The van der Waals surface area contributed by atoms with Crippen LogP contribution in [0.5, 0.6) is 5.75 Å². The van der Waals surface area contributed by atoms with Crippen LogP contribution in [-0.4, -0.2) is 35.7 Å². The number of ether oxygens (including phenoxy) is 1. The lowest BCUT2D eigenvalue weighted by molar-refractivity contribution is 0.0741. The molecule has 0 N–H and O–H groups in total. The van der Waals surface area contributed by atoms with Crippen LogP contribution in [0.15, 0.2) is 53.3 Å². The van der Waals surface area contributed by atoms with Gasteiger partial charge in [0, 0.05) is 23.6 Å². The average Bonchev–Trinajstić information content (AvgIpc) is 3.32. The van der Waals surface area contributed by atoms with E-state index in [4.69, 9.17) is 20.9 Å². The van der Waals surface area contributed by atoms with Crippen LogP contribution >= 0.6 is 11.6 Å². The van der Waals surface area contributed by atoms with E-state index in [-0.39, 0.29) is 17.4 Å². The molecule has 2 unspecified atom stereocenters. The summed E-state index contributed by atoms with van der Waals surface area (Å²) in [6.45, 7) is 7.10. The Morgan fingerprint density at radius 2 is 2.07 bits per heavy atom. The maximum absolute atomic E-state index is 13.5. The van der Waals surface area contributed by atoms with E-state index in [1.807, 2.05) is 17.0 Å². The van der Waals surface area contributed by atoms with Gasteiger partial charge >= 0.3 is 0 Å². The van der Waals surface area contributed by atoms with Gasteiger partial charge in [-0.25, -0.2) is 0 Å². The van der Waals surface area contributed by atoms with Gasteiger partial charge < -0.3 is 14.2 Å². The molecule has 3 aromatic rings. The van der Waals surface area contributed by atoms with Crippen LogP contribution in [0.25, 0.3) is 11.3 Å².